The maximum atomic E-state index is 12.1. The molecule has 0 spiro atoms. The van der Waals surface area contributed by atoms with Crippen molar-refractivity contribution >= 4 is 34.5 Å². The standard InChI is InChI=1S/C17H14N2O3S/c20-15-11-23-17(22)19(15)10-12-6-8-14(9-7-12)18-16(21)13-4-2-1-3-5-13/h1-9H,10-11H2,(H,18,21). The van der Waals surface area contributed by atoms with E-state index < -0.39 is 0 Å². The third-order valence-electron chi connectivity index (χ3n) is 3.43. The van der Waals surface area contributed by atoms with Crippen LogP contribution in [-0.4, -0.2) is 27.7 Å². The molecule has 0 aromatic heterocycles. The number of hydrogen-bond donors (Lipinski definition) is 1. The third-order valence-corrected chi connectivity index (χ3v) is 4.29. The Bertz CT molecular complexity index is 728. The fourth-order valence-electron chi connectivity index (χ4n) is 2.20. The van der Waals surface area contributed by atoms with Crippen molar-refractivity contribution < 1.29 is 14.4 Å². The molecule has 0 atom stereocenters. The first-order valence-corrected chi connectivity index (χ1v) is 8.04. The van der Waals surface area contributed by atoms with Gasteiger partial charge in [-0.25, -0.2) is 0 Å². The number of thioether (sulfide) groups is 1. The summed E-state index contributed by atoms with van der Waals surface area (Å²) in [6.45, 7) is 0.261. The number of hydrogen-bond acceptors (Lipinski definition) is 4. The van der Waals surface area contributed by atoms with E-state index in [4.69, 9.17) is 0 Å². The Morgan fingerprint density at radius 1 is 1.04 bits per heavy atom. The average molecular weight is 326 g/mol. The van der Waals surface area contributed by atoms with Crippen LogP contribution >= 0.6 is 11.8 Å². The van der Waals surface area contributed by atoms with E-state index in [1.54, 1.807) is 48.5 Å². The van der Waals surface area contributed by atoms with E-state index in [2.05, 4.69) is 5.32 Å². The summed E-state index contributed by atoms with van der Waals surface area (Å²) in [5.74, 6) is -0.134. The van der Waals surface area contributed by atoms with Gasteiger partial charge in [-0.2, -0.15) is 0 Å². The van der Waals surface area contributed by atoms with E-state index in [1.807, 2.05) is 6.07 Å². The second kappa shape index (κ2) is 6.66. The second-order valence-corrected chi connectivity index (χ2v) is 5.98. The van der Waals surface area contributed by atoms with Gasteiger partial charge in [-0.15, -0.1) is 0 Å². The topological polar surface area (TPSA) is 66.5 Å². The van der Waals surface area contributed by atoms with Crippen molar-refractivity contribution in [1.82, 2.24) is 4.90 Å². The summed E-state index contributed by atoms with van der Waals surface area (Å²) in [6.07, 6.45) is 0. The number of anilines is 1. The van der Waals surface area contributed by atoms with Crippen LogP contribution < -0.4 is 5.32 Å². The van der Waals surface area contributed by atoms with E-state index in [0.717, 1.165) is 17.3 Å². The number of carbonyl (C=O) groups is 3. The molecule has 2 aromatic rings. The van der Waals surface area contributed by atoms with Gasteiger partial charge in [0.2, 0.25) is 5.91 Å². The number of amides is 3. The van der Waals surface area contributed by atoms with E-state index in [-0.39, 0.29) is 29.4 Å². The van der Waals surface area contributed by atoms with E-state index in [0.29, 0.717) is 11.3 Å². The van der Waals surface area contributed by atoms with Crippen molar-refractivity contribution in [3.8, 4) is 0 Å². The molecule has 0 unspecified atom stereocenters. The van der Waals surface area contributed by atoms with Gasteiger partial charge in [0, 0.05) is 11.3 Å². The van der Waals surface area contributed by atoms with Crippen LogP contribution in [0, 0.1) is 0 Å². The first kappa shape index (κ1) is 15.3. The molecule has 116 valence electrons. The van der Waals surface area contributed by atoms with Crippen LogP contribution in [0.4, 0.5) is 10.5 Å². The molecule has 2 aromatic carbocycles. The number of rotatable bonds is 4. The Morgan fingerprint density at radius 2 is 1.74 bits per heavy atom. The van der Waals surface area contributed by atoms with Crippen LogP contribution in [0.15, 0.2) is 54.6 Å². The molecule has 1 fully saturated rings. The van der Waals surface area contributed by atoms with Crippen LogP contribution in [0.3, 0.4) is 0 Å². The summed E-state index contributed by atoms with van der Waals surface area (Å²) in [4.78, 5) is 36.4. The molecule has 1 aliphatic rings. The van der Waals surface area contributed by atoms with E-state index >= 15 is 0 Å². The molecule has 1 aliphatic heterocycles. The van der Waals surface area contributed by atoms with Crippen molar-refractivity contribution in [2.75, 3.05) is 11.1 Å². The Hall–Kier alpha value is -2.60. The van der Waals surface area contributed by atoms with Gasteiger partial charge in [-0.05, 0) is 29.8 Å². The number of nitrogens with one attached hydrogen (secondary N) is 1. The van der Waals surface area contributed by atoms with Crippen LogP contribution in [-0.2, 0) is 11.3 Å². The van der Waals surface area contributed by atoms with Gasteiger partial charge in [0.25, 0.3) is 11.1 Å². The Balaban J connectivity index is 1.64. The molecule has 6 heteroatoms. The number of benzene rings is 2. The van der Waals surface area contributed by atoms with Gasteiger partial charge in [0.1, 0.15) is 0 Å². The van der Waals surface area contributed by atoms with Crippen LogP contribution in [0.25, 0.3) is 0 Å². The lowest BCUT2D eigenvalue weighted by Crippen LogP contribution is -2.27. The van der Waals surface area contributed by atoms with Gasteiger partial charge in [0.05, 0.1) is 12.3 Å². The molecule has 0 aliphatic carbocycles. The van der Waals surface area contributed by atoms with Crippen molar-refractivity contribution in [2.24, 2.45) is 0 Å². The molecule has 1 saturated heterocycles. The van der Waals surface area contributed by atoms with Crippen molar-refractivity contribution in [2.45, 2.75) is 6.54 Å². The first-order chi connectivity index (χ1) is 11.1. The Morgan fingerprint density at radius 3 is 2.35 bits per heavy atom. The summed E-state index contributed by atoms with van der Waals surface area (Å²) in [7, 11) is 0. The Labute approximate surface area is 137 Å². The number of carbonyl (C=O) groups excluding carboxylic acids is 3. The van der Waals surface area contributed by atoms with Crippen molar-refractivity contribution in [3.05, 3.63) is 65.7 Å². The molecule has 0 saturated carbocycles. The minimum absolute atomic E-state index is 0.165. The second-order valence-electron chi connectivity index (χ2n) is 5.05. The fraction of sp³-hybridized carbons (Fsp3) is 0.118. The lowest BCUT2D eigenvalue weighted by Gasteiger charge is -2.13. The first-order valence-electron chi connectivity index (χ1n) is 7.06. The number of nitrogens with zero attached hydrogens (tertiary/aromatic N) is 1. The van der Waals surface area contributed by atoms with Gasteiger partial charge < -0.3 is 5.32 Å². The molecule has 3 amide bonds. The summed E-state index contributed by atoms with van der Waals surface area (Å²) in [6, 6.07) is 16.1. The molecule has 23 heavy (non-hydrogen) atoms. The van der Waals surface area contributed by atoms with E-state index in [1.165, 1.54) is 4.90 Å². The minimum Gasteiger partial charge on any atom is -0.322 e. The highest BCUT2D eigenvalue weighted by atomic mass is 32.2. The summed E-state index contributed by atoms with van der Waals surface area (Å²) in [5.41, 5.74) is 2.09. The predicted molar refractivity (Wildman–Crippen MR) is 89.2 cm³/mol. The highest BCUT2D eigenvalue weighted by molar-refractivity contribution is 8.14. The minimum atomic E-state index is -0.212. The maximum absolute atomic E-state index is 12.1. The van der Waals surface area contributed by atoms with Gasteiger partial charge in [-0.1, -0.05) is 42.1 Å². The predicted octanol–water partition coefficient (Wildman–Crippen LogP) is 3.13. The SMILES string of the molecule is O=C(Nc1ccc(CN2C(=O)CSC2=O)cc1)c1ccccc1. The Kier molecular flexibility index (Phi) is 4.43. The smallest absolute Gasteiger partial charge is 0.289 e. The normalized spacial score (nSPS) is 14.2. The van der Waals surface area contributed by atoms with Crippen molar-refractivity contribution in [1.29, 1.82) is 0 Å². The molecule has 1 heterocycles. The fourth-order valence-corrected chi connectivity index (χ4v) is 2.93. The van der Waals surface area contributed by atoms with Gasteiger partial charge in [-0.3, -0.25) is 19.3 Å². The number of imide groups is 1. The van der Waals surface area contributed by atoms with Crippen LogP contribution in [0.1, 0.15) is 15.9 Å². The molecular weight excluding hydrogens is 312 g/mol. The average Bonchev–Trinajstić information content (AvgIpc) is 2.89. The maximum Gasteiger partial charge on any atom is 0.289 e. The highest BCUT2D eigenvalue weighted by Crippen LogP contribution is 2.22. The zero-order valence-corrected chi connectivity index (χ0v) is 13.0. The molecule has 0 bridgehead atoms. The van der Waals surface area contributed by atoms with Crippen LogP contribution in [0.2, 0.25) is 0 Å². The van der Waals surface area contributed by atoms with Crippen molar-refractivity contribution in [3.63, 3.8) is 0 Å². The zero-order valence-electron chi connectivity index (χ0n) is 12.2. The largest absolute Gasteiger partial charge is 0.322 e. The monoisotopic (exact) mass is 326 g/mol. The van der Waals surface area contributed by atoms with E-state index in [9.17, 15) is 14.4 Å². The summed E-state index contributed by atoms with van der Waals surface area (Å²) < 4.78 is 0. The van der Waals surface area contributed by atoms with Gasteiger partial charge >= 0.3 is 0 Å². The molecule has 1 N–H and O–H groups in total. The molecule has 3 rings (SSSR count). The lowest BCUT2D eigenvalue weighted by molar-refractivity contribution is -0.125. The summed E-state index contributed by atoms with van der Waals surface area (Å²) >= 11 is 1.02. The lowest BCUT2D eigenvalue weighted by atomic mass is 10.1. The molecule has 5 nitrogen and oxygen atoms in total. The third kappa shape index (κ3) is 3.60. The quantitative estimate of drug-likeness (QED) is 0.937. The van der Waals surface area contributed by atoms with Crippen LogP contribution in [0.5, 0.6) is 0 Å². The molecular formula is C17H14N2O3S. The molecule has 0 radical (unpaired) electrons. The highest BCUT2D eigenvalue weighted by Gasteiger charge is 2.29. The zero-order chi connectivity index (χ0) is 16.2. The summed E-state index contributed by atoms with van der Waals surface area (Å²) in [5, 5.41) is 2.59. The van der Waals surface area contributed by atoms with Gasteiger partial charge in [0.15, 0.2) is 0 Å².